The van der Waals surface area contributed by atoms with Gasteiger partial charge in [0.25, 0.3) is 17.7 Å². The van der Waals surface area contributed by atoms with Crippen LogP contribution in [-0.2, 0) is 16.1 Å². The molecule has 4 fully saturated rings. The van der Waals surface area contributed by atoms with Crippen molar-refractivity contribution < 1.29 is 28.7 Å². The van der Waals surface area contributed by atoms with Crippen molar-refractivity contribution in [2.45, 2.75) is 90.6 Å². The number of nitriles is 1. The summed E-state index contributed by atoms with van der Waals surface area (Å²) in [7, 11) is 0. The quantitative estimate of drug-likeness (QED) is 0.225. The Bertz CT molecular complexity index is 2430. The highest BCUT2D eigenvalue weighted by atomic mass is 35.5. The lowest BCUT2D eigenvalue weighted by molar-refractivity contribution is -0.199. The molecule has 3 amide bonds. The molecule has 0 N–H and O–H groups in total. The molecule has 0 spiro atoms. The van der Waals surface area contributed by atoms with Crippen LogP contribution in [0.25, 0.3) is 0 Å². The lowest BCUT2D eigenvalue weighted by atomic mass is 9.49. The number of carbonyl (C=O) groups excluding carboxylic acids is 5. The fourth-order valence-corrected chi connectivity index (χ4v) is 10.9. The number of pyridine rings is 1. The van der Waals surface area contributed by atoms with Gasteiger partial charge in [-0.2, -0.15) is 5.26 Å². The lowest BCUT2D eigenvalue weighted by Gasteiger charge is -2.65. The highest BCUT2D eigenvalue weighted by Crippen LogP contribution is 2.59. The molecule has 12 nitrogen and oxygen atoms in total. The average Bonchev–Trinajstić information content (AvgIpc) is 3.60. The van der Waals surface area contributed by atoms with Gasteiger partial charge < -0.3 is 14.5 Å². The van der Waals surface area contributed by atoms with Crippen LogP contribution in [0.5, 0.6) is 5.75 Å². The zero-order valence-electron chi connectivity index (χ0n) is 33.6. The molecule has 59 heavy (non-hydrogen) atoms. The van der Waals surface area contributed by atoms with Crippen LogP contribution in [-0.4, -0.2) is 99.4 Å². The molecule has 13 heteroatoms. The van der Waals surface area contributed by atoms with Crippen molar-refractivity contribution in [3.05, 3.63) is 87.2 Å². The maximum Gasteiger partial charge on any atom is 0.262 e. The monoisotopic (exact) mass is 812 g/mol. The second-order valence-electron chi connectivity index (χ2n) is 18.0. The van der Waals surface area contributed by atoms with E-state index in [4.69, 9.17) is 21.3 Å². The van der Waals surface area contributed by atoms with E-state index in [0.717, 1.165) is 42.5 Å². The van der Waals surface area contributed by atoms with Crippen LogP contribution in [0.1, 0.15) is 108 Å². The highest BCUT2D eigenvalue weighted by molar-refractivity contribution is 6.31. The normalized spacial score (nSPS) is 25.2. The van der Waals surface area contributed by atoms with E-state index in [0.29, 0.717) is 64.1 Å². The SMILES string of the molecule is CC1(C)[C@H](Oc2ccc(C#N)c(Cl)c2)C(C)(C)[C@H]1N1Cc2nc(C#CC3CN(C4CN(c5ccc6c(c5)C(=O)N(C5CCC(=O)CCCC5=O)C6=O)C4)C3)ccc2C1=O. The topological polar surface area (TPSA) is 144 Å². The van der Waals surface area contributed by atoms with Crippen LogP contribution in [0.15, 0.2) is 48.5 Å². The van der Waals surface area contributed by atoms with Crippen LogP contribution >= 0.6 is 11.6 Å². The molecule has 0 bridgehead atoms. The molecule has 9 rings (SSSR count). The molecule has 1 unspecified atom stereocenters. The average molecular weight is 813 g/mol. The van der Waals surface area contributed by atoms with Crippen LogP contribution < -0.4 is 9.64 Å². The zero-order valence-corrected chi connectivity index (χ0v) is 34.3. The number of hydrogen-bond acceptors (Lipinski definition) is 10. The summed E-state index contributed by atoms with van der Waals surface area (Å²) in [6, 6.07) is 15.5. The van der Waals surface area contributed by atoms with E-state index in [2.05, 4.69) is 55.4 Å². The van der Waals surface area contributed by atoms with Crippen molar-refractivity contribution in [2.24, 2.45) is 16.7 Å². The Morgan fingerprint density at radius 2 is 1.56 bits per heavy atom. The first-order valence-electron chi connectivity index (χ1n) is 20.4. The number of ether oxygens (including phenoxy) is 1. The predicted octanol–water partition coefficient (Wildman–Crippen LogP) is 5.68. The molecule has 4 aliphatic heterocycles. The Kier molecular flexibility index (Phi) is 9.45. The molecule has 3 aromatic rings. The Morgan fingerprint density at radius 1 is 0.831 bits per heavy atom. The minimum Gasteiger partial charge on any atom is -0.489 e. The molecule has 6 aliphatic rings. The Labute approximate surface area is 348 Å². The summed E-state index contributed by atoms with van der Waals surface area (Å²) in [6.45, 7) is 12.1. The molecule has 2 saturated heterocycles. The third-order valence-corrected chi connectivity index (χ3v) is 13.7. The van der Waals surface area contributed by atoms with Crippen LogP contribution in [0.4, 0.5) is 5.69 Å². The number of rotatable bonds is 6. The number of hydrogen-bond donors (Lipinski definition) is 0. The van der Waals surface area contributed by atoms with Gasteiger partial charge in [-0.15, -0.1) is 0 Å². The van der Waals surface area contributed by atoms with Crippen molar-refractivity contribution in [1.29, 1.82) is 5.26 Å². The summed E-state index contributed by atoms with van der Waals surface area (Å²) in [6.07, 6.45) is 1.18. The van der Waals surface area contributed by atoms with E-state index < -0.39 is 17.9 Å². The van der Waals surface area contributed by atoms with Gasteiger partial charge in [0.05, 0.1) is 45.6 Å². The smallest absolute Gasteiger partial charge is 0.262 e. The molecular formula is C46H45ClN6O6. The molecule has 2 saturated carbocycles. The van der Waals surface area contributed by atoms with Crippen LogP contribution in [0, 0.1) is 39.9 Å². The number of likely N-dealkylation sites (tertiary alicyclic amines) is 1. The van der Waals surface area contributed by atoms with Crippen molar-refractivity contribution in [1.82, 2.24) is 19.7 Å². The highest BCUT2D eigenvalue weighted by Gasteiger charge is 2.67. The summed E-state index contributed by atoms with van der Waals surface area (Å²) < 4.78 is 6.45. The standard InChI is InChI=1S/C46H45ClN6O6/c1-45(2)43(46(3,4)44(45)59-32-14-9-27(20-48)36(47)19-32)52-25-37-34(40(52)56)15-11-28(49-37)10-8-26-21-50(22-26)30-23-51(24-30)29-12-16-33-35(18-29)42(58)53(41(33)57)38-17-13-31(54)6-5-7-39(38)55/h9,11-12,14-16,18-19,26,30,38,43-44H,5-7,13,17,21-25H2,1-4H3/t38?,43-,44-. The number of nitrogens with zero attached hydrogens (tertiary/aromatic N) is 6. The zero-order chi connectivity index (χ0) is 41.5. The maximum absolute atomic E-state index is 13.8. The molecule has 5 heterocycles. The number of carbonyl (C=O) groups is 5. The van der Waals surface area contributed by atoms with Gasteiger partial charge in [0.1, 0.15) is 29.4 Å². The van der Waals surface area contributed by atoms with Gasteiger partial charge in [-0.25, -0.2) is 4.98 Å². The number of amides is 3. The number of fused-ring (bicyclic) bond motifs is 2. The Balaban J connectivity index is 0.781. The van der Waals surface area contributed by atoms with E-state index in [1.54, 1.807) is 30.3 Å². The Hall–Kier alpha value is -5.56. The fourth-order valence-electron chi connectivity index (χ4n) is 10.7. The number of ketones is 2. The van der Waals surface area contributed by atoms with E-state index >= 15 is 0 Å². The lowest BCUT2D eigenvalue weighted by Crippen LogP contribution is -2.74. The second-order valence-corrected chi connectivity index (χ2v) is 18.4. The van der Waals surface area contributed by atoms with Gasteiger partial charge in [-0.1, -0.05) is 45.2 Å². The van der Waals surface area contributed by atoms with Crippen molar-refractivity contribution in [3.63, 3.8) is 0 Å². The van der Waals surface area contributed by atoms with E-state index in [9.17, 15) is 29.2 Å². The fraction of sp³-hybridized carbons (Fsp3) is 0.457. The van der Waals surface area contributed by atoms with Gasteiger partial charge in [0.15, 0.2) is 5.78 Å². The third-order valence-electron chi connectivity index (χ3n) is 13.4. The van der Waals surface area contributed by atoms with Gasteiger partial charge >= 0.3 is 0 Å². The minimum atomic E-state index is -0.893. The van der Waals surface area contributed by atoms with Crippen molar-refractivity contribution >= 4 is 46.6 Å². The Morgan fingerprint density at radius 3 is 2.29 bits per heavy atom. The van der Waals surface area contributed by atoms with Crippen LogP contribution in [0.3, 0.4) is 0 Å². The number of imide groups is 1. The van der Waals surface area contributed by atoms with Gasteiger partial charge in [0, 0.05) is 86.0 Å². The minimum absolute atomic E-state index is 0.0375. The summed E-state index contributed by atoms with van der Waals surface area (Å²) in [4.78, 5) is 78.0. The van der Waals surface area contributed by atoms with Gasteiger partial charge in [-0.05, 0) is 61.2 Å². The largest absolute Gasteiger partial charge is 0.489 e. The number of aromatic nitrogens is 1. The second kappa shape index (κ2) is 14.3. The number of benzene rings is 2. The maximum atomic E-state index is 13.8. The number of halogens is 1. The summed E-state index contributed by atoms with van der Waals surface area (Å²) in [5.74, 6) is 6.40. The molecule has 1 atom stereocenters. The van der Waals surface area contributed by atoms with Gasteiger partial charge in [-0.3, -0.25) is 33.8 Å². The predicted molar refractivity (Wildman–Crippen MR) is 218 cm³/mol. The summed E-state index contributed by atoms with van der Waals surface area (Å²) in [5.41, 5.74) is 3.12. The first kappa shape index (κ1) is 38.9. The van der Waals surface area contributed by atoms with E-state index in [1.165, 1.54) is 0 Å². The number of Topliss-reactive ketones (excluding diaryl/α,β-unsaturated/α-hetero) is 2. The van der Waals surface area contributed by atoms with Crippen molar-refractivity contribution in [3.8, 4) is 23.7 Å². The molecule has 2 aliphatic carbocycles. The molecule has 302 valence electrons. The molecule has 2 aromatic carbocycles. The first-order chi connectivity index (χ1) is 28.1. The van der Waals surface area contributed by atoms with Crippen LogP contribution in [0.2, 0.25) is 5.02 Å². The summed E-state index contributed by atoms with van der Waals surface area (Å²) in [5, 5.41) is 9.60. The molecule has 1 aromatic heterocycles. The number of anilines is 1. The third kappa shape index (κ3) is 6.48. The summed E-state index contributed by atoms with van der Waals surface area (Å²) >= 11 is 6.28. The van der Waals surface area contributed by atoms with E-state index in [1.807, 2.05) is 23.1 Å². The first-order valence-corrected chi connectivity index (χ1v) is 20.8. The molecule has 0 radical (unpaired) electrons. The van der Waals surface area contributed by atoms with Crippen molar-refractivity contribution in [2.75, 3.05) is 31.1 Å². The van der Waals surface area contributed by atoms with Gasteiger partial charge in [0.2, 0.25) is 0 Å². The van der Waals surface area contributed by atoms with E-state index in [-0.39, 0.29) is 65.6 Å². The molecular weight excluding hydrogens is 768 g/mol.